The highest BCUT2D eigenvalue weighted by Crippen LogP contribution is 2.39. The van der Waals surface area contributed by atoms with Gasteiger partial charge in [0.25, 0.3) is 5.92 Å². The van der Waals surface area contributed by atoms with Crippen LogP contribution in [0.15, 0.2) is 23.4 Å². The lowest BCUT2D eigenvalue weighted by Gasteiger charge is -2.34. The predicted octanol–water partition coefficient (Wildman–Crippen LogP) is 3.04. The van der Waals surface area contributed by atoms with Gasteiger partial charge in [-0.1, -0.05) is 5.16 Å². The van der Waals surface area contributed by atoms with E-state index in [1.54, 1.807) is 0 Å². The molecule has 3 N–H and O–H groups in total. The van der Waals surface area contributed by atoms with E-state index in [0.29, 0.717) is 0 Å². The molecule has 0 saturated carbocycles. The molecule has 1 aliphatic heterocycles. The van der Waals surface area contributed by atoms with Crippen LogP contribution >= 0.6 is 0 Å². The number of nitrogens with two attached hydrogens (primary N) is 1. The first-order valence-corrected chi connectivity index (χ1v) is 6.46. The minimum absolute atomic E-state index is 0.0964. The molecule has 4 nitrogen and oxygen atoms in total. The average Bonchev–Trinajstić information content (AvgIpc) is 2.45. The molecule has 0 aliphatic carbocycles. The Balaban J connectivity index is 2.39. The van der Waals surface area contributed by atoms with Crippen LogP contribution in [0.3, 0.4) is 0 Å². The molecule has 22 heavy (non-hydrogen) atoms. The monoisotopic (exact) mass is 323 g/mol. The molecule has 1 saturated heterocycles. The molecule has 1 fully saturated rings. The molecular formula is C13H14F5N3O. The summed E-state index contributed by atoms with van der Waals surface area (Å²) >= 11 is 0. The van der Waals surface area contributed by atoms with Crippen molar-refractivity contribution in [3.05, 3.63) is 29.3 Å². The first kappa shape index (κ1) is 16.3. The first-order chi connectivity index (χ1) is 10.1. The summed E-state index contributed by atoms with van der Waals surface area (Å²) in [6, 6.07) is 3.16. The van der Waals surface area contributed by atoms with E-state index in [4.69, 9.17) is 10.9 Å². The van der Waals surface area contributed by atoms with Crippen molar-refractivity contribution < 1.29 is 27.2 Å². The van der Waals surface area contributed by atoms with Crippen LogP contribution in [0.4, 0.5) is 27.6 Å². The maximum atomic E-state index is 13.2. The molecule has 1 aliphatic rings. The summed E-state index contributed by atoms with van der Waals surface area (Å²) in [4.78, 5) is 1.27. The van der Waals surface area contributed by atoms with Crippen LogP contribution in [0.25, 0.3) is 0 Å². The average molecular weight is 323 g/mol. The third-order valence-corrected chi connectivity index (χ3v) is 3.54. The minimum atomic E-state index is -4.68. The number of rotatable bonds is 2. The van der Waals surface area contributed by atoms with E-state index in [1.807, 2.05) is 0 Å². The molecule has 0 atom stereocenters. The molecule has 122 valence electrons. The van der Waals surface area contributed by atoms with Crippen molar-refractivity contribution in [2.24, 2.45) is 10.9 Å². The molecule has 0 amide bonds. The molecule has 1 aromatic carbocycles. The Morgan fingerprint density at radius 3 is 2.32 bits per heavy atom. The number of piperidine rings is 1. The quantitative estimate of drug-likeness (QED) is 0.289. The number of nitrogens with zero attached hydrogens (tertiary/aromatic N) is 2. The number of benzene rings is 1. The standard InChI is InChI=1S/C13H14F5N3O/c14-12(15)3-5-21(6-4-12)10-2-1-8(11(19)20-22)7-9(10)13(16,17)18/h1-2,7,22H,3-6H2,(H2,19,20). The van der Waals surface area contributed by atoms with Gasteiger partial charge >= 0.3 is 6.18 Å². The summed E-state index contributed by atoms with van der Waals surface area (Å²) in [5, 5.41) is 11.2. The molecule has 1 heterocycles. The fraction of sp³-hybridized carbons (Fsp3) is 0.462. The van der Waals surface area contributed by atoms with E-state index in [9.17, 15) is 22.0 Å². The van der Waals surface area contributed by atoms with Crippen LogP contribution in [0, 0.1) is 0 Å². The maximum absolute atomic E-state index is 13.2. The summed E-state index contributed by atoms with van der Waals surface area (Å²) in [7, 11) is 0. The Bertz CT molecular complexity index is 576. The molecule has 0 unspecified atom stereocenters. The van der Waals surface area contributed by atoms with E-state index in [2.05, 4.69) is 5.16 Å². The van der Waals surface area contributed by atoms with Gasteiger partial charge in [0, 0.05) is 37.2 Å². The normalized spacial score (nSPS) is 19.3. The van der Waals surface area contributed by atoms with Crippen molar-refractivity contribution in [2.45, 2.75) is 24.9 Å². The Morgan fingerprint density at radius 1 is 1.23 bits per heavy atom. The molecule has 0 aromatic heterocycles. The first-order valence-electron chi connectivity index (χ1n) is 6.46. The Kier molecular flexibility index (Phi) is 4.17. The van der Waals surface area contributed by atoms with Gasteiger partial charge in [0.15, 0.2) is 5.84 Å². The van der Waals surface area contributed by atoms with Gasteiger partial charge in [-0.15, -0.1) is 0 Å². The van der Waals surface area contributed by atoms with E-state index >= 15 is 0 Å². The zero-order valence-corrected chi connectivity index (χ0v) is 11.4. The third-order valence-electron chi connectivity index (χ3n) is 3.54. The second-order valence-electron chi connectivity index (χ2n) is 5.06. The molecule has 0 bridgehead atoms. The number of oxime groups is 1. The Labute approximate surface area is 123 Å². The highest BCUT2D eigenvalue weighted by atomic mass is 19.4. The third kappa shape index (κ3) is 3.40. The Hall–Kier alpha value is -2.06. The van der Waals surface area contributed by atoms with Crippen LogP contribution in [-0.4, -0.2) is 30.1 Å². The van der Waals surface area contributed by atoms with Crippen LogP contribution in [0.5, 0.6) is 0 Å². The number of amidine groups is 1. The van der Waals surface area contributed by atoms with E-state index in [0.717, 1.165) is 12.1 Å². The fourth-order valence-electron chi connectivity index (χ4n) is 2.33. The maximum Gasteiger partial charge on any atom is 0.418 e. The van der Waals surface area contributed by atoms with Gasteiger partial charge in [-0.05, 0) is 18.2 Å². The topological polar surface area (TPSA) is 61.9 Å². The number of hydrogen-bond acceptors (Lipinski definition) is 3. The summed E-state index contributed by atoms with van der Waals surface area (Å²) in [5.74, 6) is -3.30. The van der Waals surface area contributed by atoms with Gasteiger partial charge < -0.3 is 15.8 Å². The predicted molar refractivity (Wildman–Crippen MR) is 70.3 cm³/mol. The minimum Gasteiger partial charge on any atom is -0.409 e. The van der Waals surface area contributed by atoms with Gasteiger partial charge in [0.1, 0.15) is 0 Å². The van der Waals surface area contributed by atoms with Gasteiger partial charge in [-0.2, -0.15) is 13.2 Å². The lowest BCUT2D eigenvalue weighted by atomic mass is 10.0. The number of halogens is 5. The number of hydrogen-bond donors (Lipinski definition) is 2. The summed E-state index contributed by atoms with van der Waals surface area (Å²) in [5.41, 5.74) is 4.01. The lowest BCUT2D eigenvalue weighted by molar-refractivity contribution is -0.137. The highest BCUT2D eigenvalue weighted by molar-refractivity contribution is 5.97. The van der Waals surface area contributed by atoms with E-state index in [1.165, 1.54) is 11.0 Å². The molecule has 0 radical (unpaired) electrons. The number of anilines is 1. The van der Waals surface area contributed by atoms with E-state index < -0.39 is 36.3 Å². The molecule has 2 rings (SSSR count). The van der Waals surface area contributed by atoms with Crippen LogP contribution in [0.1, 0.15) is 24.0 Å². The van der Waals surface area contributed by atoms with Crippen molar-refractivity contribution in [1.29, 1.82) is 0 Å². The molecule has 1 aromatic rings. The van der Waals surface area contributed by atoms with Crippen molar-refractivity contribution in [2.75, 3.05) is 18.0 Å². The van der Waals surface area contributed by atoms with Crippen LogP contribution < -0.4 is 10.6 Å². The van der Waals surface area contributed by atoms with Crippen LogP contribution in [-0.2, 0) is 6.18 Å². The molecule has 9 heteroatoms. The van der Waals surface area contributed by atoms with Gasteiger partial charge in [-0.3, -0.25) is 0 Å². The zero-order chi connectivity index (χ0) is 16.5. The highest BCUT2D eigenvalue weighted by Gasteiger charge is 2.39. The molecule has 0 spiro atoms. The summed E-state index contributed by atoms with van der Waals surface area (Å²) in [6.45, 7) is -0.335. The van der Waals surface area contributed by atoms with E-state index in [-0.39, 0.29) is 24.3 Å². The van der Waals surface area contributed by atoms with Gasteiger partial charge in [0.05, 0.1) is 5.56 Å². The second-order valence-corrected chi connectivity index (χ2v) is 5.06. The van der Waals surface area contributed by atoms with Crippen molar-refractivity contribution in [1.82, 2.24) is 0 Å². The Morgan fingerprint density at radius 2 is 1.82 bits per heavy atom. The summed E-state index contributed by atoms with van der Waals surface area (Å²) in [6.07, 6.45) is -5.67. The fourth-order valence-corrected chi connectivity index (χ4v) is 2.33. The molecular weight excluding hydrogens is 309 g/mol. The SMILES string of the molecule is N/C(=N\O)c1ccc(N2CCC(F)(F)CC2)c(C(F)(F)F)c1. The van der Waals surface area contributed by atoms with Gasteiger partial charge in [-0.25, -0.2) is 8.78 Å². The lowest BCUT2D eigenvalue weighted by Crippen LogP contribution is -2.40. The zero-order valence-electron chi connectivity index (χ0n) is 11.4. The van der Waals surface area contributed by atoms with Crippen molar-refractivity contribution in [3.63, 3.8) is 0 Å². The van der Waals surface area contributed by atoms with Crippen molar-refractivity contribution >= 4 is 11.5 Å². The van der Waals surface area contributed by atoms with Crippen LogP contribution in [0.2, 0.25) is 0 Å². The summed E-state index contributed by atoms with van der Waals surface area (Å²) < 4.78 is 65.8. The smallest absolute Gasteiger partial charge is 0.409 e. The largest absolute Gasteiger partial charge is 0.418 e. The van der Waals surface area contributed by atoms with Crippen molar-refractivity contribution in [3.8, 4) is 0 Å². The number of alkyl halides is 5. The second kappa shape index (κ2) is 5.62. The van der Waals surface area contributed by atoms with Gasteiger partial charge in [0.2, 0.25) is 0 Å².